The van der Waals surface area contributed by atoms with Crippen molar-refractivity contribution in [2.45, 2.75) is 18.4 Å². The summed E-state index contributed by atoms with van der Waals surface area (Å²) in [4.78, 5) is 24.4. The van der Waals surface area contributed by atoms with Gasteiger partial charge in [-0.2, -0.15) is 0 Å². The van der Waals surface area contributed by atoms with Crippen LogP contribution in [0.25, 0.3) is 0 Å². The SMILES string of the molecule is CCN(c1ccccc1)S(=O)(=O)c1ccc(C(=O)OCC(=O)NCc2ccccc2OC)cc1. The minimum atomic E-state index is -3.81. The quantitative estimate of drug-likeness (QED) is 0.445. The minimum absolute atomic E-state index is 0.0457. The third kappa shape index (κ3) is 5.93. The normalized spacial score (nSPS) is 10.9. The molecular weight excluding hydrogens is 456 g/mol. The van der Waals surface area contributed by atoms with Crippen LogP contribution >= 0.6 is 0 Å². The molecule has 0 spiro atoms. The van der Waals surface area contributed by atoms with Gasteiger partial charge in [0.25, 0.3) is 15.9 Å². The molecule has 1 N–H and O–H groups in total. The summed E-state index contributed by atoms with van der Waals surface area (Å²) < 4.78 is 37.7. The van der Waals surface area contributed by atoms with Gasteiger partial charge in [0.1, 0.15) is 5.75 Å². The van der Waals surface area contributed by atoms with E-state index in [0.29, 0.717) is 11.4 Å². The second-order valence-electron chi connectivity index (χ2n) is 7.19. The highest BCUT2D eigenvalue weighted by atomic mass is 32.2. The third-order valence-corrected chi connectivity index (χ3v) is 6.93. The maximum Gasteiger partial charge on any atom is 0.338 e. The highest BCUT2D eigenvalue weighted by Crippen LogP contribution is 2.23. The zero-order chi connectivity index (χ0) is 24.6. The molecule has 0 aliphatic heterocycles. The monoisotopic (exact) mass is 482 g/mol. The number of hydrogen-bond acceptors (Lipinski definition) is 6. The van der Waals surface area contributed by atoms with E-state index in [1.54, 1.807) is 44.4 Å². The van der Waals surface area contributed by atoms with E-state index in [0.717, 1.165) is 5.56 Å². The highest BCUT2D eigenvalue weighted by molar-refractivity contribution is 7.92. The fraction of sp³-hybridized carbons (Fsp3) is 0.200. The van der Waals surface area contributed by atoms with E-state index in [9.17, 15) is 18.0 Å². The Labute approximate surface area is 199 Å². The minimum Gasteiger partial charge on any atom is -0.496 e. The van der Waals surface area contributed by atoms with Crippen molar-refractivity contribution < 1.29 is 27.5 Å². The number of sulfonamides is 1. The van der Waals surface area contributed by atoms with Crippen LogP contribution in [-0.4, -0.2) is 40.6 Å². The van der Waals surface area contributed by atoms with E-state index >= 15 is 0 Å². The van der Waals surface area contributed by atoms with Gasteiger partial charge in [0.05, 0.1) is 23.3 Å². The number of amides is 1. The van der Waals surface area contributed by atoms with Gasteiger partial charge in [-0.1, -0.05) is 36.4 Å². The molecule has 1 amide bonds. The lowest BCUT2D eigenvalue weighted by Gasteiger charge is -2.22. The van der Waals surface area contributed by atoms with Crippen molar-refractivity contribution in [2.75, 3.05) is 24.6 Å². The van der Waals surface area contributed by atoms with Crippen molar-refractivity contribution >= 4 is 27.6 Å². The van der Waals surface area contributed by atoms with Crippen molar-refractivity contribution in [3.8, 4) is 5.75 Å². The van der Waals surface area contributed by atoms with E-state index in [1.807, 2.05) is 24.3 Å². The largest absolute Gasteiger partial charge is 0.496 e. The van der Waals surface area contributed by atoms with Crippen LogP contribution in [0.15, 0.2) is 83.8 Å². The number of nitrogens with zero attached hydrogens (tertiary/aromatic N) is 1. The number of methoxy groups -OCH3 is 1. The Morgan fingerprint density at radius 2 is 1.56 bits per heavy atom. The second-order valence-corrected chi connectivity index (χ2v) is 9.06. The molecule has 0 heterocycles. The van der Waals surface area contributed by atoms with Crippen molar-refractivity contribution in [3.63, 3.8) is 0 Å². The van der Waals surface area contributed by atoms with Crippen molar-refractivity contribution in [2.24, 2.45) is 0 Å². The molecule has 0 saturated carbocycles. The number of benzene rings is 3. The number of ether oxygens (including phenoxy) is 2. The lowest BCUT2D eigenvalue weighted by Crippen LogP contribution is -2.30. The summed E-state index contributed by atoms with van der Waals surface area (Å²) in [5, 5.41) is 2.66. The molecule has 0 fully saturated rings. The van der Waals surface area contributed by atoms with Crippen molar-refractivity contribution in [3.05, 3.63) is 90.0 Å². The topological polar surface area (TPSA) is 102 Å². The first-order valence-electron chi connectivity index (χ1n) is 10.6. The van der Waals surface area contributed by atoms with E-state index < -0.39 is 28.5 Å². The molecule has 3 rings (SSSR count). The molecule has 0 saturated heterocycles. The van der Waals surface area contributed by atoms with Crippen LogP contribution in [-0.2, 0) is 26.1 Å². The fourth-order valence-electron chi connectivity index (χ4n) is 3.28. The molecule has 0 radical (unpaired) electrons. The van der Waals surface area contributed by atoms with Crippen LogP contribution in [0.2, 0.25) is 0 Å². The molecule has 0 bridgehead atoms. The van der Waals surface area contributed by atoms with Crippen LogP contribution in [0.1, 0.15) is 22.8 Å². The molecule has 34 heavy (non-hydrogen) atoms. The van der Waals surface area contributed by atoms with E-state index in [-0.39, 0.29) is 23.5 Å². The van der Waals surface area contributed by atoms with E-state index in [2.05, 4.69) is 5.32 Å². The standard InChI is InChI=1S/C25H26N2O6S/c1-3-27(21-10-5-4-6-11-21)34(30,31)22-15-13-19(14-16-22)25(29)33-18-24(28)26-17-20-9-7-8-12-23(20)32-2/h4-16H,3,17-18H2,1-2H3,(H,26,28). The maximum absolute atomic E-state index is 13.0. The summed E-state index contributed by atoms with van der Waals surface area (Å²) in [7, 11) is -2.26. The Kier molecular flexibility index (Phi) is 8.26. The van der Waals surface area contributed by atoms with Crippen molar-refractivity contribution in [1.29, 1.82) is 0 Å². The summed E-state index contributed by atoms with van der Waals surface area (Å²) in [5.74, 6) is -0.560. The Hall–Kier alpha value is -3.85. The number of anilines is 1. The average Bonchev–Trinajstić information content (AvgIpc) is 2.87. The number of esters is 1. The molecule has 0 unspecified atom stereocenters. The second kappa shape index (κ2) is 11.3. The first-order valence-corrected chi connectivity index (χ1v) is 12.0. The average molecular weight is 483 g/mol. The molecular formula is C25H26N2O6S. The zero-order valence-electron chi connectivity index (χ0n) is 18.9. The van der Waals surface area contributed by atoms with Gasteiger partial charge in [0.2, 0.25) is 0 Å². The summed E-state index contributed by atoms with van der Waals surface area (Å²) in [6.07, 6.45) is 0. The van der Waals surface area contributed by atoms with Crippen LogP contribution in [0.3, 0.4) is 0 Å². The highest BCUT2D eigenvalue weighted by Gasteiger charge is 2.24. The molecule has 0 aliphatic rings. The molecule has 3 aromatic rings. The fourth-order valence-corrected chi connectivity index (χ4v) is 4.76. The Bertz CT molecular complexity index is 1230. The number of carbonyl (C=O) groups excluding carboxylic acids is 2. The summed E-state index contributed by atoms with van der Waals surface area (Å²) in [5.41, 5.74) is 1.48. The Morgan fingerprint density at radius 3 is 2.21 bits per heavy atom. The van der Waals surface area contributed by atoms with Gasteiger partial charge in [-0.25, -0.2) is 13.2 Å². The first-order chi connectivity index (χ1) is 16.4. The number of para-hydroxylation sites is 2. The zero-order valence-corrected chi connectivity index (χ0v) is 19.7. The van der Waals surface area contributed by atoms with Gasteiger partial charge in [-0.15, -0.1) is 0 Å². The molecule has 178 valence electrons. The van der Waals surface area contributed by atoms with Crippen LogP contribution in [0.5, 0.6) is 5.75 Å². The molecule has 3 aromatic carbocycles. The number of nitrogens with one attached hydrogen (secondary N) is 1. The Balaban J connectivity index is 1.59. The Morgan fingerprint density at radius 1 is 0.912 bits per heavy atom. The lowest BCUT2D eigenvalue weighted by atomic mass is 10.2. The third-order valence-electron chi connectivity index (χ3n) is 5.01. The first kappa shape index (κ1) is 24.8. The van der Waals surface area contributed by atoms with Gasteiger partial charge in [0.15, 0.2) is 6.61 Å². The number of rotatable bonds is 10. The molecule has 0 aliphatic carbocycles. The lowest BCUT2D eigenvalue weighted by molar-refractivity contribution is -0.124. The smallest absolute Gasteiger partial charge is 0.338 e. The molecule has 9 heteroatoms. The molecule has 0 atom stereocenters. The molecule has 0 aromatic heterocycles. The van der Waals surface area contributed by atoms with Crippen LogP contribution in [0, 0.1) is 0 Å². The summed E-state index contributed by atoms with van der Waals surface area (Å²) in [6.45, 7) is 1.75. The van der Waals surface area contributed by atoms with Gasteiger partial charge < -0.3 is 14.8 Å². The molecule has 8 nitrogen and oxygen atoms in total. The predicted molar refractivity (Wildman–Crippen MR) is 128 cm³/mol. The number of hydrogen-bond donors (Lipinski definition) is 1. The van der Waals surface area contributed by atoms with Gasteiger partial charge in [-0.05, 0) is 49.4 Å². The van der Waals surface area contributed by atoms with Gasteiger partial charge in [-0.3, -0.25) is 9.10 Å². The number of carbonyl (C=O) groups is 2. The summed E-state index contributed by atoms with van der Waals surface area (Å²) in [6, 6.07) is 21.4. The van der Waals surface area contributed by atoms with E-state index in [4.69, 9.17) is 9.47 Å². The van der Waals surface area contributed by atoms with Crippen LogP contribution < -0.4 is 14.4 Å². The van der Waals surface area contributed by atoms with Gasteiger partial charge >= 0.3 is 5.97 Å². The van der Waals surface area contributed by atoms with Crippen molar-refractivity contribution in [1.82, 2.24) is 5.32 Å². The van der Waals surface area contributed by atoms with Gasteiger partial charge in [0, 0.05) is 18.7 Å². The predicted octanol–water partition coefficient (Wildman–Crippen LogP) is 3.38. The van der Waals surface area contributed by atoms with Crippen LogP contribution in [0.4, 0.5) is 5.69 Å². The summed E-state index contributed by atoms with van der Waals surface area (Å²) >= 11 is 0. The van der Waals surface area contributed by atoms with E-state index in [1.165, 1.54) is 28.6 Å². The maximum atomic E-state index is 13.0.